The van der Waals surface area contributed by atoms with Crippen LogP contribution in [-0.2, 0) is 23.0 Å². The molecule has 1 aromatic carbocycles. The Hall–Kier alpha value is -1.99. The highest BCUT2D eigenvalue weighted by atomic mass is 32.2. The largest absolute Gasteiger partial charge is 0.356 e. The SMILES string of the molecule is Cc1ccc(S(=O)(=O)N2CCc3nc(C)nc(N4CCCCC4)c3C2)cc1. The van der Waals surface area contributed by atoms with Crippen molar-refractivity contribution in [1.29, 1.82) is 0 Å². The summed E-state index contributed by atoms with van der Waals surface area (Å²) in [6.07, 6.45) is 4.19. The van der Waals surface area contributed by atoms with E-state index in [0.717, 1.165) is 54.4 Å². The summed E-state index contributed by atoms with van der Waals surface area (Å²) in [5, 5.41) is 0. The number of anilines is 1. The summed E-state index contributed by atoms with van der Waals surface area (Å²) in [5.74, 6) is 1.70. The second-order valence-corrected chi connectivity index (χ2v) is 9.41. The number of nitrogens with zero attached hydrogens (tertiary/aromatic N) is 4. The van der Waals surface area contributed by atoms with Crippen LogP contribution in [0.2, 0.25) is 0 Å². The van der Waals surface area contributed by atoms with Crippen LogP contribution < -0.4 is 4.90 Å². The first kappa shape index (κ1) is 18.4. The fraction of sp³-hybridized carbons (Fsp3) is 0.500. The lowest BCUT2D eigenvalue weighted by Gasteiger charge is -2.34. The average molecular weight is 387 g/mol. The smallest absolute Gasteiger partial charge is 0.243 e. The van der Waals surface area contributed by atoms with Gasteiger partial charge < -0.3 is 4.90 Å². The minimum absolute atomic E-state index is 0.345. The van der Waals surface area contributed by atoms with Gasteiger partial charge in [-0.2, -0.15) is 4.31 Å². The molecule has 1 fully saturated rings. The number of benzene rings is 1. The summed E-state index contributed by atoms with van der Waals surface area (Å²) in [7, 11) is -3.52. The van der Waals surface area contributed by atoms with E-state index in [-0.39, 0.29) is 0 Å². The molecule has 1 saturated heterocycles. The molecular weight excluding hydrogens is 360 g/mol. The molecule has 144 valence electrons. The van der Waals surface area contributed by atoms with Gasteiger partial charge in [0.2, 0.25) is 10.0 Å². The number of hydrogen-bond acceptors (Lipinski definition) is 5. The third-order valence-corrected chi connectivity index (χ3v) is 7.29. The third-order valence-electron chi connectivity index (χ3n) is 5.43. The van der Waals surface area contributed by atoms with Crippen LogP contribution in [0.5, 0.6) is 0 Å². The van der Waals surface area contributed by atoms with Gasteiger partial charge in [-0.15, -0.1) is 0 Å². The highest BCUT2D eigenvalue weighted by Crippen LogP contribution is 2.31. The van der Waals surface area contributed by atoms with Crippen LogP contribution in [0.25, 0.3) is 0 Å². The average Bonchev–Trinajstić information content (AvgIpc) is 2.68. The van der Waals surface area contributed by atoms with Crippen molar-refractivity contribution in [2.45, 2.75) is 51.0 Å². The molecule has 0 saturated carbocycles. The van der Waals surface area contributed by atoms with Gasteiger partial charge in [0.25, 0.3) is 0 Å². The molecule has 0 atom stereocenters. The van der Waals surface area contributed by atoms with E-state index >= 15 is 0 Å². The Morgan fingerprint density at radius 3 is 2.33 bits per heavy atom. The first-order valence-corrected chi connectivity index (χ1v) is 11.1. The number of hydrogen-bond donors (Lipinski definition) is 0. The Morgan fingerprint density at radius 1 is 0.926 bits per heavy atom. The molecule has 0 amide bonds. The standard InChI is InChI=1S/C20H26N4O2S/c1-15-6-8-17(9-7-15)27(25,26)24-13-10-19-18(14-24)20(22-16(2)21-19)23-11-4-3-5-12-23/h6-9H,3-5,10-14H2,1-2H3. The van der Waals surface area contributed by atoms with Crippen molar-refractivity contribution in [2.24, 2.45) is 0 Å². The van der Waals surface area contributed by atoms with E-state index in [0.29, 0.717) is 24.4 Å². The van der Waals surface area contributed by atoms with Gasteiger partial charge in [0.05, 0.1) is 10.6 Å². The van der Waals surface area contributed by atoms with Crippen LogP contribution in [0.3, 0.4) is 0 Å². The fourth-order valence-electron chi connectivity index (χ4n) is 3.92. The molecule has 27 heavy (non-hydrogen) atoms. The van der Waals surface area contributed by atoms with E-state index < -0.39 is 10.0 Å². The Kier molecular flexibility index (Phi) is 4.90. The monoisotopic (exact) mass is 386 g/mol. The van der Waals surface area contributed by atoms with Gasteiger partial charge in [-0.05, 0) is 45.2 Å². The molecule has 3 heterocycles. The van der Waals surface area contributed by atoms with Gasteiger partial charge in [-0.1, -0.05) is 17.7 Å². The Labute approximate surface area is 161 Å². The van der Waals surface area contributed by atoms with Crippen molar-refractivity contribution < 1.29 is 8.42 Å². The van der Waals surface area contributed by atoms with Crippen molar-refractivity contribution >= 4 is 15.8 Å². The highest BCUT2D eigenvalue weighted by molar-refractivity contribution is 7.89. The molecule has 2 aromatic rings. The summed E-state index contributed by atoms with van der Waals surface area (Å²) in [6, 6.07) is 7.07. The molecule has 4 rings (SSSR count). The van der Waals surface area contributed by atoms with E-state index in [2.05, 4.69) is 9.88 Å². The lowest BCUT2D eigenvalue weighted by atomic mass is 10.1. The van der Waals surface area contributed by atoms with E-state index in [1.165, 1.54) is 6.42 Å². The minimum Gasteiger partial charge on any atom is -0.356 e. The van der Waals surface area contributed by atoms with Crippen molar-refractivity contribution in [3.8, 4) is 0 Å². The molecule has 0 unspecified atom stereocenters. The summed E-state index contributed by atoms with van der Waals surface area (Å²) in [6.45, 7) is 6.64. The van der Waals surface area contributed by atoms with Gasteiger partial charge in [0.15, 0.2) is 0 Å². The summed E-state index contributed by atoms with van der Waals surface area (Å²) in [4.78, 5) is 12.0. The maximum absolute atomic E-state index is 13.1. The van der Waals surface area contributed by atoms with E-state index in [9.17, 15) is 8.42 Å². The van der Waals surface area contributed by atoms with Crippen LogP contribution in [0, 0.1) is 13.8 Å². The second-order valence-electron chi connectivity index (χ2n) is 7.47. The number of rotatable bonds is 3. The van der Waals surface area contributed by atoms with Gasteiger partial charge in [0.1, 0.15) is 11.6 Å². The Morgan fingerprint density at radius 2 is 1.63 bits per heavy atom. The fourth-order valence-corrected chi connectivity index (χ4v) is 5.33. The summed E-state index contributed by atoms with van der Waals surface area (Å²) in [5.41, 5.74) is 3.03. The summed E-state index contributed by atoms with van der Waals surface area (Å²) < 4.78 is 27.8. The zero-order valence-corrected chi connectivity index (χ0v) is 16.8. The molecule has 0 spiro atoms. The lowest BCUT2D eigenvalue weighted by molar-refractivity contribution is 0.385. The van der Waals surface area contributed by atoms with Crippen LogP contribution in [0.1, 0.15) is 41.9 Å². The topological polar surface area (TPSA) is 66.4 Å². The lowest BCUT2D eigenvalue weighted by Crippen LogP contribution is -2.39. The van der Waals surface area contributed by atoms with Gasteiger partial charge in [-0.25, -0.2) is 18.4 Å². The molecule has 2 aliphatic rings. The van der Waals surface area contributed by atoms with Gasteiger partial charge in [0, 0.05) is 38.2 Å². The predicted octanol–water partition coefficient (Wildman–Crippen LogP) is 2.83. The molecule has 0 bridgehead atoms. The quantitative estimate of drug-likeness (QED) is 0.811. The number of aryl methyl sites for hydroxylation is 2. The molecule has 0 N–H and O–H groups in total. The first-order chi connectivity index (χ1) is 12.9. The zero-order valence-electron chi connectivity index (χ0n) is 16.0. The Bertz CT molecular complexity index is 935. The van der Waals surface area contributed by atoms with Gasteiger partial charge >= 0.3 is 0 Å². The minimum atomic E-state index is -3.52. The number of piperidine rings is 1. The molecule has 0 aliphatic carbocycles. The van der Waals surface area contributed by atoms with Crippen molar-refractivity contribution in [3.05, 3.63) is 46.9 Å². The molecular formula is C20H26N4O2S. The molecule has 2 aliphatic heterocycles. The first-order valence-electron chi connectivity index (χ1n) is 9.63. The predicted molar refractivity (Wildman–Crippen MR) is 105 cm³/mol. The van der Waals surface area contributed by atoms with E-state index in [1.54, 1.807) is 16.4 Å². The van der Waals surface area contributed by atoms with Crippen LogP contribution >= 0.6 is 0 Å². The van der Waals surface area contributed by atoms with E-state index in [4.69, 9.17) is 4.98 Å². The zero-order chi connectivity index (χ0) is 19.0. The molecule has 6 nitrogen and oxygen atoms in total. The maximum atomic E-state index is 13.1. The third kappa shape index (κ3) is 3.58. The molecule has 7 heteroatoms. The van der Waals surface area contributed by atoms with Crippen molar-refractivity contribution in [1.82, 2.24) is 14.3 Å². The highest BCUT2D eigenvalue weighted by Gasteiger charge is 2.32. The van der Waals surface area contributed by atoms with Crippen LogP contribution in [0.15, 0.2) is 29.2 Å². The van der Waals surface area contributed by atoms with Gasteiger partial charge in [-0.3, -0.25) is 0 Å². The number of aromatic nitrogens is 2. The number of sulfonamides is 1. The normalized spacial score (nSPS) is 18.4. The van der Waals surface area contributed by atoms with E-state index in [1.807, 2.05) is 26.0 Å². The number of fused-ring (bicyclic) bond motifs is 1. The second kappa shape index (κ2) is 7.20. The Balaban J connectivity index is 1.68. The van der Waals surface area contributed by atoms with Crippen molar-refractivity contribution in [2.75, 3.05) is 24.5 Å². The summed E-state index contributed by atoms with van der Waals surface area (Å²) >= 11 is 0. The molecule has 1 aromatic heterocycles. The van der Waals surface area contributed by atoms with Crippen LogP contribution in [-0.4, -0.2) is 42.3 Å². The maximum Gasteiger partial charge on any atom is 0.243 e. The molecule has 0 radical (unpaired) electrons. The van der Waals surface area contributed by atoms with Crippen LogP contribution in [0.4, 0.5) is 5.82 Å². The van der Waals surface area contributed by atoms with Crippen molar-refractivity contribution in [3.63, 3.8) is 0 Å².